The number of Topliss-reactive ketones (excluding diaryl/α,β-unsaturated/α-hetero) is 2. The summed E-state index contributed by atoms with van der Waals surface area (Å²) in [7, 11) is 1.54. The number of aromatic nitrogens is 12. The summed E-state index contributed by atoms with van der Waals surface area (Å²) in [5.74, 6) is -4.60. The highest BCUT2D eigenvalue weighted by Gasteiger charge is 2.36. The first-order valence-electron chi connectivity index (χ1n) is 19.8. The van der Waals surface area contributed by atoms with Crippen LogP contribution in [-0.4, -0.2) is 145 Å². The van der Waals surface area contributed by atoms with Gasteiger partial charge in [0.05, 0.1) is 50.0 Å². The van der Waals surface area contributed by atoms with Gasteiger partial charge >= 0.3 is 0 Å². The van der Waals surface area contributed by atoms with E-state index in [1.807, 2.05) is 0 Å². The van der Waals surface area contributed by atoms with Crippen LogP contribution in [0.2, 0.25) is 0 Å². The lowest BCUT2D eigenvalue weighted by atomic mass is 9.96. The predicted molar refractivity (Wildman–Crippen MR) is 220 cm³/mol. The molecule has 0 saturated carbocycles. The number of ketones is 2. The number of nitrogens with two attached hydrogens (primary N) is 1. The molecular weight excluding hydrogens is 819 g/mol. The van der Waals surface area contributed by atoms with Crippen molar-refractivity contribution in [3.63, 3.8) is 0 Å². The van der Waals surface area contributed by atoms with Gasteiger partial charge in [0.25, 0.3) is 0 Å². The number of carbonyl (C=O) groups is 6. The second-order valence-electron chi connectivity index (χ2n) is 14.5. The van der Waals surface area contributed by atoms with Crippen LogP contribution in [0.3, 0.4) is 0 Å². The lowest BCUT2D eigenvalue weighted by Crippen LogP contribution is -2.60. The highest BCUT2D eigenvalue weighted by molar-refractivity contribution is 6.41. The number of amides is 4. The summed E-state index contributed by atoms with van der Waals surface area (Å²) in [6.07, 6.45) is 17.4. The van der Waals surface area contributed by atoms with Crippen LogP contribution in [0.25, 0.3) is 0 Å². The molecule has 6 rings (SSSR count). The normalized spacial score (nSPS) is 14.1. The molecule has 25 nitrogen and oxygen atoms in total. The third-order valence-electron chi connectivity index (χ3n) is 9.99. The van der Waals surface area contributed by atoms with Crippen LogP contribution in [0.5, 0.6) is 0 Å². The summed E-state index contributed by atoms with van der Waals surface area (Å²) in [6, 6.07) is -7.15. The second kappa shape index (κ2) is 22.3. The molecule has 6 atom stereocenters. The van der Waals surface area contributed by atoms with E-state index in [-0.39, 0.29) is 45.2 Å². The topological polar surface area (TPSA) is 373 Å². The third-order valence-corrected chi connectivity index (χ3v) is 9.99. The van der Waals surface area contributed by atoms with Crippen LogP contribution in [0, 0.1) is 0 Å². The molecule has 4 amide bonds. The predicted octanol–water partition coefficient (Wildman–Crippen LogP) is -3.68. The number of likely N-dealkylation sites (N-methyl/N-ethyl adjacent to an activating group) is 1. The Morgan fingerprint density at radius 3 is 0.968 bits per heavy atom. The van der Waals surface area contributed by atoms with Gasteiger partial charge < -0.3 is 62.2 Å². The second-order valence-corrected chi connectivity index (χ2v) is 14.5. The Morgan fingerprint density at radius 1 is 0.429 bits per heavy atom. The molecule has 0 aliphatic carbocycles. The fourth-order valence-electron chi connectivity index (χ4n) is 6.69. The van der Waals surface area contributed by atoms with Crippen LogP contribution >= 0.6 is 0 Å². The van der Waals surface area contributed by atoms with Crippen molar-refractivity contribution in [2.45, 2.75) is 74.8 Å². The molecule has 0 aliphatic rings. The lowest BCUT2D eigenvalue weighted by molar-refractivity contribution is -0.140. The number of nitrogens with one attached hydrogen (secondary N) is 12. The Morgan fingerprint density at radius 2 is 0.683 bits per heavy atom. The Hall–Kier alpha value is -7.64. The summed E-state index contributed by atoms with van der Waals surface area (Å²) in [5.41, 5.74) is 8.88. The van der Waals surface area contributed by atoms with Crippen LogP contribution in [-0.2, 0) is 67.3 Å². The van der Waals surface area contributed by atoms with E-state index >= 15 is 0 Å². The average molecular weight is 868 g/mol. The van der Waals surface area contributed by atoms with Gasteiger partial charge in [0.2, 0.25) is 35.2 Å². The maximum atomic E-state index is 14.4. The van der Waals surface area contributed by atoms with E-state index in [1.54, 1.807) is 6.20 Å². The summed E-state index contributed by atoms with van der Waals surface area (Å²) < 4.78 is 0. The first-order valence-corrected chi connectivity index (χ1v) is 19.8. The molecule has 0 aromatic carbocycles. The number of H-pyrrole nitrogens is 6. The Balaban J connectivity index is 1.23. The highest BCUT2D eigenvalue weighted by Crippen LogP contribution is 2.10. The Labute approximate surface area is 358 Å². The maximum absolute atomic E-state index is 14.4. The summed E-state index contributed by atoms with van der Waals surface area (Å²) in [6.45, 7) is -0.0415. The number of nitrogens with zero attached hydrogens (tertiary/aromatic N) is 6. The first-order chi connectivity index (χ1) is 30.6. The molecular formula is C38H49N19O6. The number of imidazole rings is 6. The van der Waals surface area contributed by atoms with E-state index in [0.29, 0.717) is 34.2 Å². The fraction of sp³-hybridized carbons (Fsp3) is 0.368. The molecule has 6 aromatic heterocycles. The van der Waals surface area contributed by atoms with Crippen LogP contribution in [0.15, 0.2) is 75.1 Å². The van der Waals surface area contributed by atoms with Gasteiger partial charge in [-0.3, -0.25) is 34.1 Å². The standard InChI is InChI=1S/C38H49N19O6/c1-40-27(2-21-8-41-15-48-21)33(58)34(59)28(3-22-9-42-16-49-22)54-36(61)30(5-24-11-44-18-51-24)56-38(63)32(7-26-13-46-20-53-26)57-37(62)31(6-25-12-45-19-52-25)55-35(60)29(47-14-39)4-23-10-43-17-50-23/h8-13,15-20,27-32,40,47H,2-7,14,39H2,1H3,(H,41,48)(H,42,49)(H,43,50)(H,44,51)(H,45,52)(H,46,53)(H,54,61)(H,55,60)(H,56,63)(H,57,62)/t27-,28-,29-,30?,31?,32-/m0/s1. The largest absolute Gasteiger partial charge is 0.348 e. The molecule has 0 fully saturated rings. The molecule has 2 unspecified atom stereocenters. The van der Waals surface area contributed by atoms with Gasteiger partial charge in [0.15, 0.2) is 0 Å². The maximum Gasteiger partial charge on any atom is 0.243 e. The summed E-state index contributed by atoms with van der Waals surface area (Å²) in [5, 5.41) is 16.7. The van der Waals surface area contributed by atoms with E-state index in [1.165, 1.54) is 76.0 Å². The minimum absolute atomic E-state index is 0.0407. The molecule has 0 aliphatic heterocycles. The number of aromatic amines is 6. The molecule has 0 bridgehead atoms. The van der Waals surface area contributed by atoms with Crippen LogP contribution in [0.1, 0.15) is 34.2 Å². The third kappa shape index (κ3) is 12.9. The zero-order chi connectivity index (χ0) is 44.6. The molecule has 332 valence electrons. The molecule has 63 heavy (non-hydrogen) atoms. The van der Waals surface area contributed by atoms with Gasteiger partial charge in [0, 0.05) is 117 Å². The molecule has 25 heteroatoms. The van der Waals surface area contributed by atoms with Gasteiger partial charge in [-0.25, -0.2) is 29.9 Å². The lowest BCUT2D eigenvalue weighted by Gasteiger charge is -2.27. The van der Waals surface area contributed by atoms with Crippen molar-refractivity contribution in [3.05, 3.63) is 109 Å². The van der Waals surface area contributed by atoms with Gasteiger partial charge in [-0.2, -0.15) is 0 Å². The summed E-state index contributed by atoms with van der Waals surface area (Å²) in [4.78, 5) is 126. The van der Waals surface area contributed by atoms with E-state index in [9.17, 15) is 28.8 Å². The Kier molecular flexibility index (Phi) is 15.9. The fourth-order valence-corrected chi connectivity index (χ4v) is 6.69. The zero-order valence-electron chi connectivity index (χ0n) is 34.1. The van der Waals surface area contributed by atoms with Crippen molar-refractivity contribution in [3.8, 4) is 0 Å². The molecule has 14 N–H and O–H groups in total. The van der Waals surface area contributed by atoms with Crippen LogP contribution in [0.4, 0.5) is 0 Å². The quantitative estimate of drug-likeness (QED) is 0.0184. The minimum atomic E-state index is -1.39. The Bertz CT molecular complexity index is 2310. The SMILES string of the molecule is CN[C@@H](Cc1cnc[nH]1)C(=O)C(=O)[C@H](Cc1cnc[nH]1)NC(=O)C(Cc1cnc[nH]1)NC(=O)[C@H](Cc1cnc[nH]1)NC(=O)C(Cc1cnc[nH]1)NC(=O)[C@H](Cc1cnc[nH]1)NCN. The van der Waals surface area contributed by atoms with Gasteiger partial charge in [-0.1, -0.05) is 0 Å². The van der Waals surface area contributed by atoms with Crippen molar-refractivity contribution in [2.75, 3.05) is 13.7 Å². The number of rotatable bonds is 26. The molecule has 6 aromatic rings. The molecule has 0 radical (unpaired) electrons. The monoisotopic (exact) mass is 867 g/mol. The van der Waals surface area contributed by atoms with Gasteiger partial charge in [-0.05, 0) is 7.05 Å². The minimum Gasteiger partial charge on any atom is -0.348 e. The molecule has 0 spiro atoms. The summed E-state index contributed by atoms with van der Waals surface area (Å²) >= 11 is 0. The van der Waals surface area contributed by atoms with Crippen molar-refractivity contribution in [1.82, 2.24) is 91.7 Å². The zero-order valence-corrected chi connectivity index (χ0v) is 34.1. The van der Waals surface area contributed by atoms with E-state index in [0.717, 1.165) is 0 Å². The first kappa shape index (κ1) is 44.9. The molecule has 6 heterocycles. The van der Waals surface area contributed by atoms with Gasteiger partial charge in [0.1, 0.15) is 24.2 Å². The van der Waals surface area contributed by atoms with Crippen LogP contribution < -0.4 is 37.6 Å². The number of carbonyl (C=O) groups excluding carboxylic acids is 6. The van der Waals surface area contributed by atoms with Crippen molar-refractivity contribution in [2.24, 2.45) is 5.73 Å². The smallest absolute Gasteiger partial charge is 0.243 e. The number of hydrogen-bond donors (Lipinski definition) is 13. The molecule has 0 saturated heterocycles. The highest BCUT2D eigenvalue weighted by atomic mass is 16.2. The van der Waals surface area contributed by atoms with E-state index < -0.39 is 71.4 Å². The van der Waals surface area contributed by atoms with E-state index in [4.69, 9.17) is 5.73 Å². The number of hydrogen-bond acceptors (Lipinski definition) is 15. The van der Waals surface area contributed by atoms with Crippen molar-refractivity contribution in [1.29, 1.82) is 0 Å². The van der Waals surface area contributed by atoms with Crippen molar-refractivity contribution >= 4 is 35.2 Å². The average Bonchev–Trinajstić information content (AvgIpc) is 4.12. The van der Waals surface area contributed by atoms with E-state index in [2.05, 4.69) is 91.7 Å². The van der Waals surface area contributed by atoms with Crippen molar-refractivity contribution < 1.29 is 28.8 Å². The van der Waals surface area contributed by atoms with Gasteiger partial charge in [-0.15, -0.1) is 0 Å².